The Bertz CT molecular complexity index is 1580. The van der Waals surface area contributed by atoms with Crippen LogP contribution in [0.1, 0.15) is 16.7 Å². The molecule has 37 heavy (non-hydrogen) atoms. The first-order valence-corrected chi connectivity index (χ1v) is 12.4. The fourth-order valence-corrected chi connectivity index (χ4v) is 4.94. The monoisotopic (exact) mass is 496 g/mol. The molecule has 2 N–H and O–H groups in total. The Morgan fingerprint density at radius 2 is 1.84 bits per heavy atom. The second-order valence-electron chi connectivity index (χ2n) is 9.45. The van der Waals surface area contributed by atoms with E-state index in [1.54, 1.807) is 23.7 Å². The summed E-state index contributed by atoms with van der Waals surface area (Å²) in [7, 11) is 1.75. The predicted octanol–water partition coefficient (Wildman–Crippen LogP) is 3.89. The molecule has 0 spiro atoms. The summed E-state index contributed by atoms with van der Waals surface area (Å²) in [5.41, 5.74) is 6.51. The number of anilines is 2. The van der Waals surface area contributed by atoms with Gasteiger partial charge in [-0.05, 0) is 41.5 Å². The van der Waals surface area contributed by atoms with Crippen molar-refractivity contribution >= 4 is 11.4 Å². The standard InChI is InChI=1S/C29H28N4O4/c1-32-18-19(5-8-28(32)35)17-30-22-6-7-26-21(14-22)13-20-3-2-4-24(29(20)37-26)25-15-23(16-27(34)31-25)33-9-11-36-12-10-33/h2-8,14-16,18,30H,9-13,17H2,1H3,(H,31,34). The fraction of sp³-hybridized carbons (Fsp3) is 0.241. The maximum atomic E-state index is 12.6. The predicted molar refractivity (Wildman–Crippen MR) is 144 cm³/mol. The average molecular weight is 497 g/mol. The zero-order chi connectivity index (χ0) is 25.4. The maximum Gasteiger partial charge on any atom is 0.250 e. The van der Waals surface area contributed by atoms with Crippen LogP contribution >= 0.6 is 0 Å². The number of aryl methyl sites for hydroxylation is 1. The highest BCUT2D eigenvalue weighted by atomic mass is 16.5. The van der Waals surface area contributed by atoms with Crippen LogP contribution in [0.4, 0.5) is 11.4 Å². The van der Waals surface area contributed by atoms with E-state index in [2.05, 4.69) is 27.3 Å². The van der Waals surface area contributed by atoms with Crippen molar-refractivity contribution in [1.29, 1.82) is 0 Å². The van der Waals surface area contributed by atoms with Crippen molar-refractivity contribution in [2.24, 2.45) is 7.05 Å². The summed E-state index contributed by atoms with van der Waals surface area (Å²) in [6, 6.07) is 19.2. The second kappa shape index (κ2) is 9.63. The summed E-state index contributed by atoms with van der Waals surface area (Å²) in [6.45, 7) is 3.45. The zero-order valence-electron chi connectivity index (χ0n) is 20.6. The molecule has 2 aromatic carbocycles. The van der Waals surface area contributed by atoms with Crippen LogP contribution in [0, 0.1) is 0 Å². The number of nitrogens with zero attached hydrogens (tertiary/aromatic N) is 2. The van der Waals surface area contributed by atoms with Crippen LogP contribution < -0.4 is 26.1 Å². The Balaban J connectivity index is 1.25. The van der Waals surface area contributed by atoms with Crippen molar-refractivity contribution in [3.05, 3.63) is 104 Å². The number of fused-ring (bicyclic) bond motifs is 2. The molecule has 8 nitrogen and oxygen atoms in total. The van der Waals surface area contributed by atoms with Crippen LogP contribution in [0.5, 0.6) is 11.5 Å². The number of H-pyrrole nitrogens is 1. The quantitative estimate of drug-likeness (QED) is 0.384. The number of rotatable bonds is 5. The molecule has 0 amide bonds. The summed E-state index contributed by atoms with van der Waals surface area (Å²) in [6.07, 6.45) is 2.56. The van der Waals surface area contributed by atoms with Crippen LogP contribution in [-0.4, -0.2) is 35.9 Å². The lowest BCUT2D eigenvalue weighted by Gasteiger charge is -2.29. The summed E-state index contributed by atoms with van der Waals surface area (Å²) in [5.74, 6) is 1.58. The van der Waals surface area contributed by atoms with Gasteiger partial charge in [0.05, 0.1) is 18.9 Å². The topological polar surface area (TPSA) is 88.6 Å². The molecule has 4 aromatic rings. The molecule has 8 heteroatoms. The Morgan fingerprint density at radius 1 is 0.973 bits per heavy atom. The first kappa shape index (κ1) is 23.1. The van der Waals surface area contributed by atoms with E-state index in [9.17, 15) is 9.59 Å². The molecule has 188 valence electrons. The van der Waals surface area contributed by atoms with Crippen molar-refractivity contribution in [1.82, 2.24) is 9.55 Å². The van der Waals surface area contributed by atoms with E-state index in [1.165, 1.54) is 0 Å². The molecule has 0 aliphatic carbocycles. The van der Waals surface area contributed by atoms with Gasteiger partial charge in [-0.15, -0.1) is 0 Å². The number of ether oxygens (including phenoxy) is 2. The lowest BCUT2D eigenvalue weighted by atomic mass is 9.96. The Morgan fingerprint density at radius 3 is 2.68 bits per heavy atom. The number of benzene rings is 2. The van der Waals surface area contributed by atoms with Gasteiger partial charge in [0.15, 0.2) is 0 Å². The summed E-state index contributed by atoms with van der Waals surface area (Å²) >= 11 is 0. The molecule has 0 bridgehead atoms. The SMILES string of the molecule is Cn1cc(CNc2ccc3c(c2)Cc2cccc(-c4cc(N5CCOCC5)cc(=O)[nH]4)c2O3)ccc1=O. The van der Waals surface area contributed by atoms with Gasteiger partial charge in [0.1, 0.15) is 11.5 Å². The van der Waals surface area contributed by atoms with Gasteiger partial charge in [-0.3, -0.25) is 9.59 Å². The normalized spacial score (nSPS) is 14.5. The van der Waals surface area contributed by atoms with Gasteiger partial charge in [-0.1, -0.05) is 18.2 Å². The van der Waals surface area contributed by atoms with Crippen molar-refractivity contribution in [3.63, 3.8) is 0 Å². The van der Waals surface area contributed by atoms with Crippen LogP contribution in [-0.2, 0) is 24.8 Å². The third kappa shape index (κ3) is 4.75. The molecule has 1 fully saturated rings. The van der Waals surface area contributed by atoms with E-state index in [0.29, 0.717) is 19.8 Å². The molecule has 2 aromatic heterocycles. The largest absolute Gasteiger partial charge is 0.456 e. The smallest absolute Gasteiger partial charge is 0.250 e. The summed E-state index contributed by atoms with van der Waals surface area (Å²) < 4.78 is 13.5. The van der Waals surface area contributed by atoms with Crippen molar-refractivity contribution < 1.29 is 9.47 Å². The fourth-order valence-electron chi connectivity index (χ4n) is 4.94. The van der Waals surface area contributed by atoms with Gasteiger partial charge < -0.3 is 29.2 Å². The van der Waals surface area contributed by atoms with Crippen molar-refractivity contribution in [2.45, 2.75) is 13.0 Å². The van der Waals surface area contributed by atoms with Gasteiger partial charge in [-0.25, -0.2) is 0 Å². The first-order chi connectivity index (χ1) is 18.0. The van der Waals surface area contributed by atoms with Crippen molar-refractivity contribution in [2.75, 3.05) is 36.5 Å². The minimum Gasteiger partial charge on any atom is -0.456 e. The van der Waals surface area contributed by atoms with E-state index in [0.717, 1.165) is 70.3 Å². The number of hydrogen-bond acceptors (Lipinski definition) is 6. The maximum absolute atomic E-state index is 12.6. The zero-order valence-corrected chi connectivity index (χ0v) is 20.6. The molecule has 0 atom stereocenters. The molecule has 0 saturated carbocycles. The van der Waals surface area contributed by atoms with Crippen LogP contribution in [0.25, 0.3) is 11.3 Å². The Hall–Kier alpha value is -4.30. The van der Waals surface area contributed by atoms with E-state index < -0.39 is 0 Å². The van der Waals surface area contributed by atoms with Gasteiger partial charge in [0, 0.05) is 73.9 Å². The van der Waals surface area contributed by atoms with E-state index in [1.807, 2.05) is 42.6 Å². The highest BCUT2D eigenvalue weighted by molar-refractivity contribution is 5.74. The van der Waals surface area contributed by atoms with Gasteiger partial charge in [0.25, 0.3) is 0 Å². The number of pyridine rings is 2. The third-order valence-corrected chi connectivity index (χ3v) is 6.89. The van der Waals surface area contributed by atoms with E-state index >= 15 is 0 Å². The number of aromatic amines is 1. The molecule has 0 unspecified atom stereocenters. The molecular weight excluding hydrogens is 468 g/mol. The number of hydrogen-bond donors (Lipinski definition) is 2. The van der Waals surface area contributed by atoms with E-state index in [-0.39, 0.29) is 11.1 Å². The second-order valence-corrected chi connectivity index (χ2v) is 9.45. The van der Waals surface area contributed by atoms with Gasteiger partial charge in [0.2, 0.25) is 11.1 Å². The molecule has 0 radical (unpaired) electrons. The van der Waals surface area contributed by atoms with Gasteiger partial charge >= 0.3 is 0 Å². The Kier molecular flexibility index (Phi) is 6.02. The van der Waals surface area contributed by atoms with Crippen molar-refractivity contribution in [3.8, 4) is 22.8 Å². The minimum atomic E-state index is -0.137. The summed E-state index contributed by atoms with van der Waals surface area (Å²) in [5, 5.41) is 3.44. The molecule has 1 saturated heterocycles. The molecule has 2 aliphatic rings. The molecule has 4 heterocycles. The number of para-hydroxylation sites is 1. The number of aromatic nitrogens is 2. The number of morpholine rings is 1. The first-order valence-electron chi connectivity index (χ1n) is 12.4. The Labute approximate surface area is 214 Å². The molecule has 6 rings (SSSR count). The lowest BCUT2D eigenvalue weighted by Crippen LogP contribution is -2.36. The third-order valence-electron chi connectivity index (χ3n) is 6.89. The van der Waals surface area contributed by atoms with Crippen LogP contribution in [0.3, 0.4) is 0 Å². The molecule has 2 aliphatic heterocycles. The van der Waals surface area contributed by atoms with Crippen LogP contribution in [0.2, 0.25) is 0 Å². The minimum absolute atomic E-state index is 0.0235. The molecular formula is C29H28N4O4. The number of nitrogens with one attached hydrogen (secondary N) is 2. The lowest BCUT2D eigenvalue weighted by molar-refractivity contribution is 0.122. The summed E-state index contributed by atoms with van der Waals surface area (Å²) in [4.78, 5) is 29.4. The van der Waals surface area contributed by atoms with Crippen LogP contribution in [0.15, 0.2) is 76.4 Å². The highest BCUT2D eigenvalue weighted by Gasteiger charge is 2.22. The average Bonchev–Trinajstić information content (AvgIpc) is 2.92. The highest BCUT2D eigenvalue weighted by Crippen LogP contribution is 2.43. The van der Waals surface area contributed by atoms with E-state index in [4.69, 9.17) is 9.47 Å². The van der Waals surface area contributed by atoms with Gasteiger partial charge in [-0.2, -0.15) is 0 Å².